The smallest absolute Gasteiger partial charge is 0.259 e. The first kappa shape index (κ1) is 22.9. The summed E-state index contributed by atoms with van der Waals surface area (Å²) in [6, 6.07) is 14.3. The Hall–Kier alpha value is -3.23. The summed E-state index contributed by atoms with van der Waals surface area (Å²) < 4.78 is 26.5. The molecule has 0 N–H and O–H groups in total. The SMILES string of the molecule is CCC(=O)c1c(-c2ccccc2)c2cc(Cl)ccc2c(=O)n1Cc1cn(S(C)(=O)=O)c(C)n1. The number of carbonyl (C=O) groups is 1. The maximum absolute atomic E-state index is 13.6. The summed E-state index contributed by atoms with van der Waals surface area (Å²) in [6.45, 7) is 3.25. The third-order valence-corrected chi connectivity index (χ3v) is 6.77. The molecule has 0 saturated carbocycles. The van der Waals surface area contributed by atoms with Gasteiger partial charge in [0.05, 0.1) is 24.2 Å². The molecule has 0 amide bonds. The Labute approximate surface area is 196 Å². The molecular formula is C24H22ClN3O4S. The van der Waals surface area contributed by atoms with Gasteiger partial charge < -0.3 is 0 Å². The van der Waals surface area contributed by atoms with Crippen LogP contribution in [0.4, 0.5) is 0 Å². The molecular weight excluding hydrogens is 462 g/mol. The number of hydrogen-bond donors (Lipinski definition) is 0. The lowest BCUT2D eigenvalue weighted by molar-refractivity contribution is 0.0979. The van der Waals surface area contributed by atoms with Crippen molar-refractivity contribution in [3.05, 3.63) is 87.3 Å². The molecule has 170 valence electrons. The van der Waals surface area contributed by atoms with E-state index in [4.69, 9.17) is 11.6 Å². The largest absolute Gasteiger partial charge is 0.298 e. The van der Waals surface area contributed by atoms with Gasteiger partial charge in [-0.15, -0.1) is 0 Å². The standard InChI is InChI=1S/C24H22ClN3O4S/c1-4-21(29)23-22(16-8-6-5-7-9-16)20-12-17(25)10-11-19(20)24(30)27(23)13-18-14-28(15(2)26-18)33(3,31)32/h5-12,14H,4,13H2,1-3H3. The van der Waals surface area contributed by atoms with Crippen LogP contribution in [0.15, 0.2) is 59.5 Å². The number of halogens is 1. The average molecular weight is 484 g/mol. The second-order valence-corrected chi connectivity index (χ2v) is 10.1. The molecule has 2 aromatic carbocycles. The number of aromatic nitrogens is 3. The molecule has 2 aromatic heterocycles. The number of hydrogen-bond acceptors (Lipinski definition) is 5. The first-order valence-electron chi connectivity index (χ1n) is 10.3. The van der Waals surface area contributed by atoms with Crippen LogP contribution >= 0.6 is 11.6 Å². The summed E-state index contributed by atoms with van der Waals surface area (Å²) in [4.78, 5) is 31.1. The molecule has 0 bridgehead atoms. The highest BCUT2D eigenvalue weighted by Crippen LogP contribution is 2.33. The number of rotatable bonds is 6. The second kappa shape index (κ2) is 8.61. The number of pyridine rings is 1. The Kier molecular flexibility index (Phi) is 5.99. The lowest BCUT2D eigenvalue weighted by Crippen LogP contribution is -2.28. The van der Waals surface area contributed by atoms with Crippen molar-refractivity contribution in [1.29, 1.82) is 0 Å². The van der Waals surface area contributed by atoms with E-state index in [0.717, 1.165) is 15.8 Å². The van der Waals surface area contributed by atoms with Gasteiger partial charge in [0, 0.05) is 28.6 Å². The minimum Gasteiger partial charge on any atom is -0.298 e. The summed E-state index contributed by atoms with van der Waals surface area (Å²) >= 11 is 6.27. The zero-order chi connectivity index (χ0) is 23.9. The molecule has 9 heteroatoms. The molecule has 33 heavy (non-hydrogen) atoms. The van der Waals surface area contributed by atoms with Crippen LogP contribution in [-0.2, 0) is 16.6 Å². The Morgan fingerprint density at radius 1 is 1.09 bits per heavy atom. The van der Waals surface area contributed by atoms with E-state index >= 15 is 0 Å². The predicted molar refractivity (Wildman–Crippen MR) is 130 cm³/mol. The van der Waals surface area contributed by atoms with Gasteiger partial charge in [0.25, 0.3) is 5.56 Å². The van der Waals surface area contributed by atoms with Gasteiger partial charge in [-0.3, -0.25) is 14.2 Å². The molecule has 0 atom stereocenters. The summed E-state index contributed by atoms with van der Waals surface area (Å²) in [5.74, 6) is 0.0619. The number of carbonyl (C=O) groups excluding carboxylic acids is 1. The first-order chi connectivity index (χ1) is 15.6. The van der Waals surface area contributed by atoms with Crippen LogP contribution in [0.5, 0.6) is 0 Å². The lowest BCUT2D eigenvalue weighted by atomic mass is 9.94. The zero-order valence-corrected chi connectivity index (χ0v) is 19.9. The van der Waals surface area contributed by atoms with E-state index in [1.54, 1.807) is 32.0 Å². The number of imidazole rings is 1. The van der Waals surface area contributed by atoms with Crippen molar-refractivity contribution in [2.45, 2.75) is 26.8 Å². The maximum atomic E-state index is 13.6. The van der Waals surface area contributed by atoms with Crippen molar-refractivity contribution in [2.75, 3.05) is 6.26 Å². The summed E-state index contributed by atoms with van der Waals surface area (Å²) in [5.41, 5.74) is 1.62. The number of aryl methyl sites for hydroxylation is 1. The van der Waals surface area contributed by atoms with Gasteiger partial charge in [0.15, 0.2) is 5.78 Å². The Balaban J connectivity index is 2.08. The molecule has 4 aromatic rings. The van der Waals surface area contributed by atoms with Gasteiger partial charge in [-0.2, -0.15) is 0 Å². The molecule has 0 saturated heterocycles. The van der Waals surface area contributed by atoms with Gasteiger partial charge in [0.1, 0.15) is 5.82 Å². The fraction of sp³-hybridized carbons (Fsp3) is 0.208. The van der Waals surface area contributed by atoms with E-state index in [9.17, 15) is 18.0 Å². The van der Waals surface area contributed by atoms with E-state index in [2.05, 4.69) is 4.98 Å². The van der Waals surface area contributed by atoms with Gasteiger partial charge in [-0.25, -0.2) is 17.4 Å². The summed E-state index contributed by atoms with van der Waals surface area (Å²) in [6.07, 6.45) is 2.64. The van der Waals surface area contributed by atoms with Crippen molar-refractivity contribution in [3.8, 4) is 11.1 Å². The normalized spacial score (nSPS) is 11.8. The van der Waals surface area contributed by atoms with Crippen molar-refractivity contribution >= 4 is 38.2 Å². The topological polar surface area (TPSA) is 91.0 Å². The monoisotopic (exact) mass is 483 g/mol. The molecule has 0 unspecified atom stereocenters. The van der Waals surface area contributed by atoms with E-state index in [1.807, 2.05) is 30.3 Å². The van der Waals surface area contributed by atoms with Crippen molar-refractivity contribution in [3.63, 3.8) is 0 Å². The maximum Gasteiger partial charge on any atom is 0.259 e. The molecule has 2 heterocycles. The quantitative estimate of drug-likeness (QED) is 0.382. The molecule has 0 aliphatic heterocycles. The third-order valence-electron chi connectivity index (χ3n) is 5.45. The molecule has 0 aliphatic carbocycles. The fourth-order valence-electron chi connectivity index (χ4n) is 4.01. The van der Waals surface area contributed by atoms with Crippen LogP contribution in [-0.4, -0.2) is 34.0 Å². The van der Waals surface area contributed by atoms with Gasteiger partial charge in [-0.05, 0) is 36.1 Å². The Morgan fingerprint density at radius 2 is 1.79 bits per heavy atom. The van der Waals surface area contributed by atoms with Crippen LogP contribution in [0, 0.1) is 6.92 Å². The van der Waals surface area contributed by atoms with E-state index < -0.39 is 10.0 Å². The Bertz CT molecular complexity index is 1550. The minimum absolute atomic E-state index is 0.0539. The second-order valence-electron chi connectivity index (χ2n) is 7.79. The number of benzene rings is 2. The van der Waals surface area contributed by atoms with Crippen molar-refractivity contribution in [2.24, 2.45) is 0 Å². The van der Waals surface area contributed by atoms with Gasteiger partial charge in [-0.1, -0.05) is 48.9 Å². The molecule has 0 aliphatic rings. The highest BCUT2D eigenvalue weighted by Gasteiger charge is 2.24. The molecule has 0 fully saturated rings. The predicted octanol–water partition coefficient (Wildman–Crippen LogP) is 4.28. The van der Waals surface area contributed by atoms with Crippen LogP contribution in [0.1, 0.15) is 35.4 Å². The lowest BCUT2D eigenvalue weighted by Gasteiger charge is -2.19. The third kappa shape index (κ3) is 4.24. The van der Waals surface area contributed by atoms with E-state index in [0.29, 0.717) is 27.1 Å². The molecule has 0 radical (unpaired) electrons. The van der Waals surface area contributed by atoms with Crippen molar-refractivity contribution < 1.29 is 13.2 Å². The van der Waals surface area contributed by atoms with Crippen LogP contribution in [0.25, 0.3) is 21.9 Å². The van der Waals surface area contributed by atoms with Gasteiger partial charge in [0.2, 0.25) is 10.0 Å². The zero-order valence-electron chi connectivity index (χ0n) is 18.4. The number of ketones is 1. The van der Waals surface area contributed by atoms with E-state index in [1.165, 1.54) is 10.8 Å². The Morgan fingerprint density at radius 3 is 2.39 bits per heavy atom. The highest BCUT2D eigenvalue weighted by molar-refractivity contribution is 7.89. The fourth-order valence-corrected chi connectivity index (χ4v) is 5.02. The number of fused-ring (bicyclic) bond motifs is 1. The average Bonchev–Trinajstić information content (AvgIpc) is 3.16. The van der Waals surface area contributed by atoms with Crippen LogP contribution in [0.3, 0.4) is 0 Å². The van der Waals surface area contributed by atoms with Gasteiger partial charge >= 0.3 is 0 Å². The summed E-state index contributed by atoms with van der Waals surface area (Å²) in [7, 11) is -3.55. The van der Waals surface area contributed by atoms with Crippen molar-refractivity contribution in [1.82, 2.24) is 13.5 Å². The molecule has 7 nitrogen and oxygen atoms in total. The molecule has 4 rings (SSSR count). The number of nitrogens with zero attached hydrogens (tertiary/aromatic N) is 3. The number of Topliss-reactive ketones (excluding diaryl/α,β-unsaturated/α-hetero) is 1. The van der Waals surface area contributed by atoms with E-state index in [-0.39, 0.29) is 35.8 Å². The summed E-state index contributed by atoms with van der Waals surface area (Å²) in [5, 5.41) is 1.45. The highest BCUT2D eigenvalue weighted by atomic mass is 35.5. The minimum atomic E-state index is -3.55. The van der Waals surface area contributed by atoms with Crippen LogP contribution < -0.4 is 5.56 Å². The molecule has 0 spiro atoms. The first-order valence-corrected chi connectivity index (χ1v) is 12.5. The van der Waals surface area contributed by atoms with Crippen LogP contribution in [0.2, 0.25) is 5.02 Å².